The van der Waals surface area contributed by atoms with Crippen molar-refractivity contribution in [1.29, 1.82) is 0 Å². The molecule has 0 aromatic heterocycles. The summed E-state index contributed by atoms with van der Waals surface area (Å²) in [7, 11) is 1.36. The molecule has 1 amide bonds. The first-order valence-corrected chi connectivity index (χ1v) is 8.02. The molecule has 5 heteroatoms. The number of nitrogens with zero attached hydrogens (tertiary/aromatic N) is 1. The van der Waals surface area contributed by atoms with E-state index in [1.54, 1.807) is 4.90 Å². The molecule has 0 aliphatic rings. The molecular weight excluding hydrogens is 268 g/mol. The Bertz CT molecular complexity index is 302. The first-order chi connectivity index (χ1) is 9.94. The second-order valence-corrected chi connectivity index (χ2v) is 5.75. The van der Waals surface area contributed by atoms with Crippen LogP contribution in [0, 0.1) is 5.92 Å². The number of esters is 1. The van der Waals surface area contributed by atoms with E-state index in [1.165, 1.54) is 7.11 Å². The Morgan fingerprint density at radius 3 is 2.29 bits per heavy atom. The molecular formula is C16H32N2O3. The Kier molecular flexibility index (Phi) is 10.9. The standard InChI is InChI=1S/C16H32N2O3/c1-6-14(7-2)11-18(12-16(20)21-5)15(19)9-8-10-17-13(3)4/h13-14,17H,6-12H2,1-5H3. The molecule has 0 atom stereocenters. The van der Waals surface area contributed by atoms with Crippen molar-refractivity contribution in [2.24, 2.45) is 5.92 Å². The summed E-state index contributed by atoms with van der Waals surface area (Å²) < 4.78 is 4.69. The number of hydrogen-bond acceptors (Lipinski definition) is 4. The normalized spacial score (nSPS) is 11.0. The van der Waals surface area contributed by atoms with Crippen LogP contribution < -0.4 is 5.32 Å². The van der Waals surface area contributed by atoms with Gasteiger partial charge < -0.3 is 15.0 Å². The Balaban J connectivity index is 4.41. The van der Waals surface area contributed by atoms with Crippen LogP contribution in [-0.4, -0.2) is 49.6 Å². The Labute approximate surface area is 129 Å². The monoisotopic (exact) mass is 300 g/mol. The summed E-state index contributed by atoms with van der Waals surface area (Å²) in [6.07, 6.45) is 3.28. The van der Waals surface area contributed by atoms with Gasteiger partial charge in [0.25, 0.3) is 0 Å². The average molecular weight is 300 g/mol. The van der Waals surface area contributed by atoms with E-state index in [0.29, 0.717) is 24.9 Å². The molecule has 0 bridgehead atoms. The number of carbonyl (C=O) groups is 2. The predicted molar refractivity (Wildman–Crippen MR) is 85.0 cm³/mol. The van der Waals surface area contributed by atoms with Gasteiger partial charge in [0, 0.05) is 19.0 Å². The van der Waals surface area contributed by atoms with Crippen molar-refractivity contribution in [1.82, 2.24) is 10.2 Å². The van der Waals surface area contributed by atoms with Crippen LogP contribution in [-0.2, 0) is 14.3 Å². The van der Waals surface area contributed by atoms with Gasteiger partial charge in [0.2, 0.25) is 5.91 Å². The van der Waals surface area contributed by atoms with Crippen molar-refractivity contribution >= 4 is 11.9 Å². The smallest absolute Gasteiger partial charge is 0.325 e. The van der Waals surface area contributed by atoms with Crippen molar-refractivity contribution in [3.05, 3.63) is 0 Å². The number of ether oxygens (including phenoxy) is 1. The van der Waals surface area contributed by atoms with E-state index in [4.69, 9.17) is 4.74 Å². The van der Waals surface area contributed by atoms with Gasteiger partial charge in [-0.3, -0.25) is 9.59 Å². The van der Waals surface area contributed by atoms with E-state index in [1.807, 2.05) is 0 Å². The van der Waals surface area contributed by atoms with Gasteiger partial charge in [-0.2, -0.15) is 0 Å². The summed E-state index contributed by atoms with van der Waals surface area (Å²) in [6, 6.07) is 0.427. The van der Waals surface area contributed by atoms with Gasteiger partial charge >= 0.3 is 5.97 Å². The van der Waals surface area contributed by atoms with Gasteiger partial charge in [0.05, 0.1) is 7.11 Å². The van der Waals surface area contributed by atoms with Crippen molar-refractivity contribution in [3.63, 3.8) is 0 Å². The minimum absolute atomic E-state index is 0.0397. The molecule has 21 heavy (non-hydrogen) atoms. The fraction of sp³-hybridized carbons (Fsp3) is 0.875. The molecule has 1 N–H and O–H groups in total. The lowest BCUT2D eigenvalue weighted by atomic mass is 10.0. The SMILES string of the molecule is CCC(CC)CN(CC(=O)OC)C(=O)CCCNC(C)C. The molecule has 0 spiro atoms. The molecule has 0 heterocycles. The molecule has 0 aliphatic heterocycles. The van der Waals surface area contributed by atoms with Crippen LogP contribution in [0.15, 0.2) is 0 Å². The predicted octanol–water partition coefficient (Wildman–Crippen LogP) is 2.20. The lowest BCUT2D eigenvalue weighted by molar-refractivity contribution is -0.147. The van der Waals surface area contributed by atoms with Crippen LogP contribution in [0.1, 0.15) is 53.4 Å². The first kappa shape index (κ1) is 19.9. The molecule has 0 rings (SSSR count). The number of amides is 1. The number of methoxy groups -OCH3 is 1. The molecule has 0 saturated heterocycles. The van der Waals surface area contributed by atoms with Crippen LogP contribution in [0.2, 0.25) is 0 Å². The quantitative estimate of drug-likeness (QED) is 0.469. The molecule has 0 aliphatic carbocycles. The first-order valence-electron chi connectivity index (χ1n) is 8.02. The highest BCUT2D eigenvalue weighted by molar-refractivity contribution is 5.82. The van der Waals surface area contributed by atoms with Crippen LogP contribution in [0.4, 0.5) is 0 Å². The zero-order valence-corrected chi connectivity index (χ0v) is 14.3. The minimum atomic E-state index is -0.352. The van der Waals surface area contributed by atoms with Crippen molar-refractivity contribution in [2.45, 2.75) is 59.4 Å². The van der Waals surface area contributed by atoms with Gasteiger partial charge in [-0.1, -0.05) is 40.5 Å². The molecule has 0 unspecified atom stereocenters. The lowest BCUT2D eigenvalue weighted by Crippen LogP contribution is -2.39. The summed E-state index contributed by atoms with van der Waals surface area (Å²) in [5.41, 5.74) is 0. The van der Waals surface area contributed by atoms with Crippen LogP contribution in [0.5, 0.6) is 0 Å². The van der Waals surface area contributed by atoms with E-state index in [0.717, 1.165) is 25.8 Å². The van der Waals surface area contributed by atoms with Gasteiger partial charge in [-0.05, 0) is 18.9 Å². The third-order valence-corrected chi connectivity index (χ3v) is 3.65. The largest absolute Gasteiger partial charge is 0.468 e. The summed E-state index contributed by atoms with van der Waals surface area (Å²) >= 11 is 0. The topological polar surface area (TPSA) is 58.6 Å². The fourth-order valence-corrected chi connectivity index (χ4v) is 2.12. The zero-order valence-electron chi connectivity index (χ0n) is 14.3. The van der Waals surface area contributed by atoms with Crippen molar-refractivity contribution in [3.8, 4) is 0 Å². The van der Waals surface area contributed by atoms with Gasteiger partial charge in [-0.15, -0.1) is 0 Å². The summed E-state index contributed by atoms with van der Waals surface area (Å²) in [6.45, 7) is 9.91. The van der Waals surface area contributed by atoms with E-state index >= 15 is 0 Å². The third-order valence-electron chi connectivity index (χ3n) is 3.65. The van der Waals surface area contributed by atoms with E-state index in [-0.39, 0.29) is 18.4 Å². The summed E-state index contributed by atoms with van der Waals surface area (Å²) in [5, 5.41) is 3.29. The molecule has 5 nitrogen and oxygen atoms in total. The Hall–Kier alpha value is -1.10. The number of hydrogen-bond donors (Lipinski definition) is 1. The molecule has 0 saturated carbocycles. The maximum absolute atomic E-state index is 12.3. The van der Waals surface area contributed by atoms with Crippen molar-refractivity contribution in [2.75, 3.05) is 26.7 Å². The highest BCUT2D eigenvalue weighted by atomic mass is 16.5. The Morgan fingerprint density at radius 2 is 1.81 bits per heavy atom. The number of rotatable bonds is 11. The van der Waals surface area contributed by atoms with E-state index < -0.39 is 0 Å². The minimum Gasteiger partial charge on any atom is -0.468 e. The number of nitrogens with one attached hydrogen (secondary N) is 1. The van der Waals surface area contributed by atoms with Crippen LogP contribution in [0.25, 0.3) is 0 Å². The molecule has 0 aromatic carbocycles. The molecule has 0 aromatic rings. The van der Waals surface area contributed by atoms with Gasteiger partial charge in [0.1, 0.15) is 6.54 Å². The van der Waals surface area contributed by atoms with Gasteiger partial charge in [-0.25, -0.2) is 0 Å². The molecule has 0 fully saturated rings. The lowest BCUT2D eigenvalue weighted by Gasteiger charge is -2.26. The highest BCUT2D eigenvalue weighted by Gasteiger charge is 2.20. The number of carbonyl (C=O) groups excluding carboxylic acids is 2. The second-order valence-electron chi connectivity index (χ2n) is 5.75. The van der Waals surface area contributed by atoms with E-state index in [9.17, 15) is 9.59 Å². The maximum atomic E-state index is 12.3. The Morgan fingerprint density at radius 1 is 1.19 bits per heavy atom. The summed E-state index contributed by atoms with van der Waals surface area (Å²) in [4.78, 5) is 25.4. The van der Waals surface area contributed by atoms with Crippen LogP contribution >= 0.6 is 0 Å². The van der Waals surface area contributed by atoms with E-state index in [2.05, 4.69) is 33.0 Å². The van der Waals surface area contributed by atoms with Crippen LogP contribution in [0.3, 0.4) is 0 Å². The fourth-order valence-electron chi connectivity index (χ4n) is 2.12. The average Bonchev–Trinajstić information content (AvgIpc) is 2.47. The maximum Gasteiger partial charge on any atom is 0.325 e. The summed E-state index contributed by atoms with van der Waals surface area (Å²) in [5.74, 6) is 0.125. The highest BCUT2D eigenvalue weighted by Crippen LogP contribution is 2.11. The zero-order chi connectivity index (χ0) is 16.3. The van der Waals surface area contributed by atoms with Gasteiger partial charge in [0.15, 0.2) is 0 Å². The molecule has 0 radical (unpaired) electrons. The second kappa shape index (κ2) is 11.5. The van der Waals surface area contributed by atoms with Crippen molar-refractivity contribution < 1.29 is 14.3 Å². The molecule has 124 valence electrons. The third kappa shape index (κ3) is 9.45.